The van der Waals surface area contributed by atoms with Crippen LogP contribution in [0.2, 0.25) is 0 Å². The average Bonchev–Trinajstić information content (AvgIpc) is 3.00. The molecule has 0 N–H and O–H groups in total. The lowest BCUT2D eigenvalue weighted by molar-refractivity contribution is 0.0649. The molecule has 3 heterocycles. The summed E-state index contributed by atoms with van der Waals surface area (Å²) in [5.74, 6) is -2.91. The number of benzene rings is 2. The topological polar surface area (TPSA) is 89.5 Å². The maximum absolute atomic E-state index is 13.5. The van der Waals surface area contributed by atoms with Crippen LogP contribution in [0, 0.1) is 23.4 Å². The van der Waals surface area contributed by atoms with Crippen molar-refractivity contribution in [3.05, 3.63) is 119 Å². The molecule has 0 saturated carbocycles. The lowest BCUT2D eigenvalue weighted by atomic mass is 9.88. The zero-order valence-electron chi connectivity index (χ0n) is 21.7. The van der Waals surface area contributed by atoms with Gasteiger partial charge in [-0.1, -0.05) is 6.07 Å². The Morgan fingerprint density at radius 3 is 2.17 bits per heavy atom. The highest BCUT2D eigenvalue weighted by atomic mass is 19.2. The van der Waals surface area contributed by atoms with Crippen molar-refractivity contribution in [3.8, 4) is 11.6 Å². The number of likely N-dealkylation sites (tertiary alicyclic amines) is 1. The van der Waals surface area contributed by atoms with Crippen LogP contribution in [0.25, 0.3) is 0 Å². The van der Waals surface area contributed by atoms with Crippen molar-refractivity contribution in [2.75, 3.05) is 13.1 Å². The summed E-state index contributed by atoms with van der Waals surface area (Å²) >= 11 is 0. The first kappa shape index (κ1) is 27.7. The highest BCUT2D eigenvalue weighted by Crippen LogP contribution is 2.24. The third kappa shape index (κ3) is 6.66. The van der Waals surface area contributed by atoms with E-state index in [1.54, 1.807) is 23.1 Å². The van der Waals surface area contributed by atoms with Gasteiger partial charge in [-0.05, 0) is 73.0 Å². The number of amides is 1. The lowest BCUT2D eigenvalue weighted by Gasteiger charge is -2.31. The van der Waals surface area contributed by atoms with E-state index in [0.717, 1.165) is 12.1 Å². The molecule has 1 aliphatic heterocycles. The molecule has 0 radical (unpaired) electrons. The first-order valence-electron chi connectivity index (χ1n) is 12.9. The monoisotopic (exact) mass is 559 g/mol. The zero-order valence-corrected chi connectivity index (χ0v) is 21.7. The number of ether oxygens (including phenoxy) is 1. The number of carbonyl (C=O) groups excluding carboxylic acids is 3. The number of hydrogen-bond donors (Lipinski definition) is 0. The Hall–Kier alpha value is -4.86. The van der Waals surface area contributed by atoms with Crippen molar-refractivity contribution in [2.24, 2.45) is 5.92 Å². The maximum Gasteiger partial charge on any atom is 0.255 e. The molecular formula is C31H24F3N3O4. The molecule has 0 spiro atoms. The normalized spacial score (nSPS) is 13.6. The minimum absolute atomic E-state index is 0.0453. The van der Waals surface area contributed by atoms with Gasteiger partial charge in [0, 0.05) is 49.5 Å². The Balaban J connectivity index is 1.13. The number of pyridine rings is 2. The number of hydrogen-bond acceptors (Lipinski definition) is 6. The molecule has 1 aliphatic rings. The molecule has 10 heteroatoms. The van der Waals surface area contributed by atoms with E-state index in [0.29, 0.717) is 48.7 Å². The fourth-order valence-electron chi connectivity index (χ4n) is 4.57. The van der Waals surface area contributed by atoms with Gasteiger partial charge in [0.1, 0.15) is 17.3 Å². The van der Waals surface area contributed by atoms with Crippen molar-refractivity contribution in [3.63, 3.8) is 0 Å². The number of nitrogens with zero attached hydrogens (tertiary/aromatic N) is 3. The summed E-state index contributed by atoms with van der Waals surface area (Å²) in [6.07, 6.45) is 3.70. The van der Waals surface area contributed by atoms with Gasteiger partial charge in [0.2, 0.25) is 5.88 Å². The van der Waals surface area contributed by atoms with E-state index in [9.17, 15) is 27.6 Å². The molecule has 7 nitrogen and oxygen atoms in total. The van der Waals surface area contributed by atoms with Gasteiger partial charge in [0.25, 0.3) is 5.91 Å². The Labute approximate surface area is 233 Å². The van der Waals surface area contributed by atoms with Gasteiger partial charge >= 0.3 is 0 Å². The number of piperidine rings is 1. The molecule has 1 fully saturated rings. The molecule has 0 unspecified atom stereocenters. The predicted octanol–water partition coefficient (Wildman–Crippen LogP) is 5.85. The SMILES string of the molecule is O=C(Cc1ccc(Oc2ccc(F)cc2)nc1)c1ccc(C(=O)N2CCC(C(=O)c3ccc(F)c(F)c3)CC2)cn1. The number of halogens is 3. The van der Waals surface area contributed by atoms with Crippen LogP contribution in [0.15, 0.2) is 79.1 Å². The number of ketones is 2. The van der Waals surface area contributed by atoms with Crippen LogP contribution in [-0.2, 0) is 6.42 Å². The van der Waals surface area contributed by atoms with E-state index in [4.69, 9.17) is 4.74 Å². The molecule has 0 aliphatic carbocycles. The van der Waals surface area contributed by atoms with Crippen LogP contribution in [-0.4, -0.2) is 45.4 Å². The summed E-state index contributed by atoms with van der Waals surface area (Å²) in [7, 11) is 0. The fourth-order valence-corrected chi connectivity index (χ4v) is 4.57. The maximum atomic E-state index is 13.5. The van der Waals surface area contributed by atoms with Gasteiger partial charge in [0.15, 0.2) is 23.2 Å². The average molecular weight is 560 g/mol. The predicted molar refractivity (Wildman–Crippen MR) is 142 cm³/mol. The van der Waals surface area contributed by atoms with Gasteiger partial charge in [-0.15, -0.1) is 0 Å². The van der Waals surface area contributed by atoms with Crippen molar-refractivity contribution >= 4 is 17.5 Å². The van der Waals surface area contributed by atoms with Crippen molar-refractivity contribution in [1.82, 2.24) is 14.9 Å². The van der Waals surface area contributed by atoms with Crippen LogP contribution in [0.4, 0.5) is 13.2 Å². The van der Waals surface area contributed by atoms with Gasteiger partial charge in [-0.2, -0.15) is 0 Å². The summed E-state index contributed by atoms with van der Waals surface area (Å²) in [6.45, 7) is 0.654. The first-order valence-corrected chi connectivity index (χ1v) is 12.9. The van der Waals surface area contributed by atoms with Crippen LogP contribution in [0.5, 0.6) is 11.6 Å². The van der Waals surface area contributed by atoms with Crippen molar-refractivity contribution in [2.45, 2.75) is 19.3 Å². The molecule has 5 rings (SSSR count). The zero-order chi connectivity index (χ0) is 28.9. The highest BCUT2D eigenvalue weighted by molar-refractivity contribution is 5.99. The standard InChI is InChI=1S/C31H24F3N3O4/c32-23-4-6-24(7-5-23)41-29-10-1-19(17-36-29)15-28(38)27-9-3-22(18-35-27)31(40)37-13-11-20(12-14-37)30(39)21-2-8-25(33)26(34)16-21/h1-10,16-18,20H,11-15H2. The smallest absolute Gasteiger partial charge is 0.255 e. The van der Waals surface area contributed by atoms with E-state index < -0.39 is 11.6 Å². The second-order valence-electron chi connectivity index (χ2n) is 9.65. The minimum Gasteiger partial charge on any atom is -0.439 e. The van der Waals surface area contributed by atoms with Crippen LogP contribution >= 0.6 is 0 Å². The third-order valence-electron chi connectivity index (χ3n) is 6.85. The molecular weight excluding hydrogens is 535 g/mol. The molecule has 208 valence electrons. The molecule has 41 heavy (non-hydrogen) atoms. The highest BCUT2D eigenvalue weighted by Gasteiger charge is 2.29. The van der Waals surface area contributed by atoms with Crippen LogP contribution in [0.3, 0.4) is 0 Å². The molecule has 1 amide bonds. The van der Waals surface area contributed by atoms with Crippen LogP contribution < -0.4 is 4.74 Å². The van der Waals surface area contributed by atoms with E-state index in [-0.39, 0.29) is 46.9 Å². The Morgan fingerprint density at radius 1 is 0.805 bits per heavy atom. The molecule has 2 aromatic carbocycles. The second-order valence-corrected chi connectivity index (χ2v) is 9.65. The van der Waals surface area contributed by atoms with E-state index >= 15 is 0 Å². The number of aromatic nitrogens is 2. The Kier molecular flexibility index (Phi) is 8.19. The Bertz CT molecular complexity index is 1570. The second kappa shape index (κ2) is 12.1. The van der Waals surface area contributed by atoms with Gasteiger partial charge in [0.05, 0.1) is 5.56 Å². The third-order valence-corrected chi connectivity index (χ3v) is 6.85. The number of carbonyl (C=O) groups is 3. The number of Topliss-reactive ketones (excluding diaryl/α,β-unsaturated/α-hetero) is 2. The fraction of sp³-hybridized carbons (Fsp3) is 0.194. The van der Waals surface area contributed by atoms with E-state index in [2.05, 4.69) is 9.97 Å². The quantitative estimate of drug-likeness (QED) is 0.252. The summed E-state index contributed by atoms with van der Waals surface area (Å²) < 4.78 is 45.3. The molecule has 0 atom stereocenters. The van der Waals surface area contributed by atoms with Gasteiger partial charge in [-0.3, -0.25) is 19.4 Å². The summed E-state index contributed by atoms with van der Waals surface area (Å²) in [5, 5.41) is 0. The molecule has 0 bridgehead atoms. The minimum atomic E-state index is -1.07. The van der Waals surface area contributed by atoms with Gasteiger partial charge in [-0.25, -0.2) is 18.2 Å². The van der Waals surface area contributed by atoms with E-state index in [1.165, 1.54) is 48.8 Å². The molecule has 2 aromatic heterocycles. The largest absolute Gasteiger partial charge is 0.439 e. The van der Waals surface area contributed by atoms with Gasteiger partial charge < -0.3 is 9.64 Å². The van der Waals surface area contributed by atoms with E-state index in [1.807, 2.05) is 0 Å². The molecule has 1 saturated heterocycles. The Morgan fingerprint density at radius 2 is 1.54 bits per heavy atom. The van der Waals surface area contributed by atoms with Crippen molar-refractivity contribution < 1.29 is 32.3 Å². The number of rotatable bonds is 8. The van der Waals surface area contributed by atoms with Crippen LogP contribution in [0.1, 0.15) is 49.6 Å². The summed E-state index contributed by atoms with van der Waals surface area (Å²) in [4.78, 5) is 48.3. The van der Waals surface area contributed by atoms with Crippen molar-refractivity contribution in [1.29, 1.82) is 0 Å². The summed E-state index contributed by atoms with van der Waals surface area (Å²) in [6, 6.07) is 15.0. The first-order chi connectivity index (χ1) is 19.8. The summed E-state index contributed by atoms with van der Waals surface area (Å²) in [5.41, 5.74) is 1.27. The molecule has 4 aromatic rings. The lowest BCUT2D eigenvalue weighted by Crippen LogP contribution is -2.40.